The number of hydrogen-bond acceptors (Lipinski definition) is 4. The maximum Gasteiger partial charge on any atom is 0.267 e. The largest absolute Gasteiger partial charge is 0.481 e. The number of amides is 1. The van der Waals surface area contributed by atoms with Crippen LogP contribution in [0.3, 0.4) is 0 Å². The first kappa shape index (κ1) is 15.0. The van der Waals surface area contributed by atoms with E-state index in [2.05, 4.69) is 41.3 Å². The van der Waals surface area contributed by atoms with E-state index in [-0.39, 0.29) is 11.3 Å². The van der Waals surface area contributed by atoms with Gasteiger partial charge in [-0.25, -0.2) is 5.10 Å². The Labute approximate surface area is 123 Å². The smallest absolute Gasteiger partial charge is 0.267 e. The molecule has 1 heterocycles. The second kappa shape index (κ2) is 5.95. The first-order chi connectivity index (χ1) is 9.86. The van der Waals surface area contributed by atoms with Crippen LogP contribution in [0, 0.1) is 0 Å². The van der Waals surface area contributed by atoms with Gasteiger partial charge in [0.2, 0.25) is 5.95 Å². The molecule has 1 aromatic heterocycles. The Kier molecular flexibility index (Phi) is 4.26. The van der Waals surface area contributed by atoms with Gasteiger partial charge < -0.3 is 4.74 Å². The van der Waals surface area contributed by atoms with E-state index in [1.165, 1.54) is 11.9 Å². The van der Waals surface area contributed by atoms with Crippen LogP contribution in [0.4, 0.5) is 5.95 Å². The third kappa shape index (κ3) is 4.05. The van der Waals surface area contributed by atoms with E-state index in [4.69, 9.17) is 4.74 Å². The van der Waals surface area contributed by atoms with Crippen LogP contribution >= 0.6 is 0 Å². The summed E-state index contributed by atoms with van der Waals surface area (Å²) in [6.07, 6.45) is 0.697. The highest BCUT2D eigenvalue weighted by molar-refractivity contribution is 5.92. The van der Waals surface area contributed by atoms with Gasteiger partial charge in [0.25, 0.3) is 5.91 Å². The molecule has 0 saturated carbocycles. The molecular formula is C15H20N4O2. The van der Waals surface area contributed by atoms with Gasteiger partial charge in [0.1, 0.15) is 12.1 Å². The molecule has 0 aliphatic rings. The van der Waals surface area contributed by atoms with Crippen molar-refractivity contribution >= 4 is 11.9 Å². The van der Waals surface area contributed by atoms with Gasteiger partial charge in [-0.05, 0) is 30.0 Å². The fourth-order valence-corrected chi connectivity index (χ4v) is 1.78. The normalized spacial score (nSPS) is 12.8. The number of carbonyl (C=O) groups is 1. The summed E-state index contributed by atoms with van der Waals surface area (Å²) in [6.45, 7) is 8.13. The van der Waals surface area contributed by atoms with E-state index in [0.29, 0.717) is 11.7 Å². The predicted octanol–water partition coefficient (Wildman–Crippen LogP) is 2.51. The molecule has 1 unspecified atom stereocenters. The fourth-order valence-electron chi connectivity index (χ4n) is 1.78. The van der Waals surface area contributed by atoms with Crippen LogP contribution in [0.1, 0.15) is 33.3 Å². The molecule has 1 aromatic carbocycles. The molecule has 0 aliphatic heterocycles. The van der Waals surface area contributed by atoms with Crippen LogP contribution in [0.15, 0.2) is 30.6 Å². The zero-order chi connectivity index (χ0) is 15.5. The van der Waals surface area contributed by atoms with Gasteiger partial charge in [-0.1, -0.05) is 32.9 Å². The van der Waals surface area contributed by atoms with E-state index in [9.17, 15) is 4.79 Å². The first-order valence-corrected chi connectivity index (χ1v) is 6.79. The number of ether oxygens (including phenoxy) is 1. The molecule has 0 radical (unpaired) electrons. The van der Waals surface area contributed by atoms with Gasteiger partial charge in [-0.15, -0.1) is 0 Å². The van der Waals surface area contributed by atoms with Gasteiger partial charge in [-0.2, -0.15) is 10.1 Å². The van der Waals surface area contributed by atoms with Gasteiger partial charge in [0.15, 0.2) is 6.10 Å². The zero-order valence-corrected chi connectivity index (χ0v) is 12.7. The molecule has 2 aromatic rings. The summed E-state index contributed by atoms with van der Waals surface area (Å²) >= 11 is 0. The molecule has 6 heteroatoms. The lowest BCUT2D eigenvalue weighted by atomic mass is 9.87. The highest BCUT2D eigenvalue weighted by Gasteiger charge is 2.17. The lowest BCUT2D eigenvalue weighted by Crippen LogP contribution is -2.30. The lowest BCUT2D eigenvalue weighted by molar-refractivity contribution is -0.122. The Hall–Kier alpha value is -2.37. The molecule has 0 fully saturated rings. The molecule has 6 nitrogen and oxygen atoms in total. The maximum atomic E-state index is 11.9. The molecule has 0 saturated heterocycles. The van der Waals surface area contributed by atoms with Crippen molar-refractivity contribution in [3.63, 3.8) is 0 Å². The first-order valence-electron chi connectivity index (χ1n) is 6.79. The number of benzene rings is 1. The minimum absolute atomic E-state index is 0.0911. The average Bonchev–Trinajstić information content (AvgIpc) is 2.91. The summed E-state index contributed by atoms with van der Waals surface area (Å²) < 4.78 is 5.62. The van der Waals surface area contributed by atoms with Crippen LogP contribution in [-0.4, -0.2) is 27.2 Å². The van der Waals surface area contributed by atoms with Gasteiger partial charge in [0.05, 0.1) is 0 Å². The fraction of sp³-hybridized carbons (Fsp3) is 0.400. The standard InChI is InChI=1S/C15H20N4O2/c1-10(13(20)18-14-16-9-17-19-14)21-12-7-5-11(6-8-12)15(2,3)4/h5-10H,1-4H3,(H2,16,17,18,19,20). The van der Waals surface area contributed by atoms with E-state index < -0.39 is 6.10 Å². The van der Waals surface area contributed by atoms with Crippen molar-refractivity contribution in [1.29, 1.82) is 0 Å². The van der Waals surface area contributed by atoms with Crippen molar-refractivity contribution in [2.24, 2.45) is 0 Å². The molecule has 0 aliphatic carbocycles. The van der Waals surface area contributed by atoms with Crippen molar-refractivity contribution in [2.45, 2.75) is 39.2 Å². The van der Waals surface area contributed by atoms with Crippen molar-refractivity contribution in [3.05, 3.63) is 36.2 Å². The average molecular weight is 288 g/mol. The third-order valence-corrected chi connectivity index (χ3v) is 3.06. The van der Waals surface area contributed by atoms with Gasteiger partial charge >= 0.3 is 0 Å². The van der Waals surface area contributed by atoms with Crippen molar-refractivity contribution < 1.29 is 9.53 Å². The molecule has 0 spiro atoms. The predicted molar refractivity (Wildman–Crippen MR) is 80.2 cm³/mol. The van der Waals surface area contributed by atoms with E-state index in [0.717, 1.165) is 0 Å². The number of hydrogen-bond donors (Lipinski definition) is 2. The molecule has 2 N–H and O–H groups in total. The van der Waals surface area contributed by atoms with Crippen LogP contribution in [-0.2, 0) is 10.2 Å². The number of nitrogens with zero attached hydrogens (tertiary/aromatic N) is 2. The Balaban J connectivity index is 1.96. The second-order valence-electron chi connectivity index (χ2n) is 5.86. The number of rotatable bonds is 4. The molecule has 0 bridgehead atoms. The molecule has 1 atom stereocenters. The van der Waals surface area contributed by atoms with E-state index >= 15 is 0 Å². The summed E-state index contributed by atoms with van der Waals surface area (Å²) in [7, 11) is 0. The highest BCUT2D eigenvalue weighted by Crippen LogP contribution is 2.24. The van der Waals surface area contributed by atoms with Crippen LogP contribution in [0.25, 0.3) is 0 Å². The molecule has 112 valence electrons. The van der Waals surface area contributed by atoms with E-state index in [1.807, 2.05) is 24.3 Å². The van der Waals surface area contributed by atoms with Crippen LogP contribution in [0.5, 0.6) is 5.75 Å². The summed E-state index contributed by atoms with van der Waals surface area (Å²) in [5.41, 5.74) is 1.31. The third-order valence-electron chi connectivity index (χ3n) is 3.06. The molecule has 2 rings (SSSR count). The lowest BCUT2D eigenvalue weighted by Gasteiger charge is -2.20. The van der Waals surface area contributed by atoms with Gasteiger partial charge in [-0.3, -0.25) is 10.1 Å². The van der Waals surface area contributed by atoms with Crippen molar-refractivity contribution in [2.75, 3.05) is 5.32 Å². The topological polar surface area (TPSA) is 79.9 Å². The highest BCUT2D eigenvalue weighted by atomic mass is 16.5. The van der Waals surface area contributed by atoms with Crippen molar-refractivity contribution in [3.8, 4) is 5.75 Å². The number of H-pyrrole nitrogens is 1. The Morgan fingerprint density at radius 2 is 1.95 bits per heavy atom. The monoisotopic (exact) mass is 288 g/mol. The second-order valence-corrected chi connectivity index (χ2v) is 5.86. The van der Waals surface area contributed by atoms with Crippen molar-refractivity contribution in [1.82, 2.24) is 15.2 Å². The summed E-state index contributed by atoms with van der Waals surface area (Å²) in [5.74, 6) is 0.674. The Morgan fingerprint density at radius 1 is 1.29 bits per heavy atom. The maximum absolute atomic E-state index is 11.9. The quantitative estimate of drug-likeness (QED) is 0.906. The zero-order valence-electron chi connectivity index (χ0n) is 12.7. The number of aromatic amines is 1. The molecule has 21 heavy (non-hydrogen) atoms. The minimum Gasteiger partial charge on any atom is -0.481 e. The number of anilines is 1. The number of nitrogens with one attached hydrogen (secondary N) is 2. The number of carbonyl (C=O) groups excluding carboxylic acids is 1. The Morgan fingerprint density at radius 3 is 2.48 bits per heavy atom. The summed E-state index contributed by atoms with van der Waals surface area (Å²) in [4.78, 5) is 15.7. The number of aromatic nitrogens is 3. The minimum atomic E-state index is -0.629. The van der Waals surface area contributed by atoms with E-state index in [1.54, 1.807) is 6.92 Å². The SMILES string of the molecule is CC(Oc1ccc(C(C)(C)C)cc1)C(=O)Nc1ncn[nH]1. The van der Waals surface area contributed by atoms with Crippen LogP contribution < -0.4 is 10.1 Å². The molecular weight excluding hydrogens is 268 g/mol. The van der Waals surface area contributed by atoms with Gasteiger partial charge in [0, 0.05) is 0 Å². The van der Waals surface area contributed by atoms with Crippen LogP contribution in [0.2, 0.25) is 0 Å². The molecule has 1 amide bonds. The Bertz CT molecular complexity index is 585. The summed E-state index contributed by atoms with van der Waals surface area (Å²) in [6, 6.07) is 7.77. The summed E-state index contributed by atoms with van der Waals surface area (Å²) in [5, 5.41) is 8.81.